The lowest BCUT2D eigenvalue weighted by atomic mass is 9.81. The van der Waals surface area contributed by atoms with Crippen LogP contribution in [0.5, 0.6) is 0 Å². The number of hydrogen-bond acceptors (Lipinski definition) is 6. The third-order valence-electron chi connectivity index (χ3n) is 5.09. The zero-order valence-corrected chi connectivity index (χ0v) is 15.2. The minimum absolute atomic E-state index is 0.104. The zero-order valence-electron chi connectivity index (χ0n) is 15.2. The molecule has 28 heavy (non-hydrogen) atoms. The van der Waals surface area contributed by atoms with Gasteiger partial charge in [-0.1, -0.05) is 0 Å². The van der Waals surface area contributed by atoms with Crippen LogP contribution in [0.2, 0.25) is 0 Å². The molecular weight excluding hydrogens is 379 g/mol. The Morgan fingerprint density at radius 1 is 1.18 bits per heavy atom. The summed E-state index contributed by atoms with van der Waals surface area (Å²) in [5.74, 6) is -2.20. The molecule has 1 aromatic rings. The summed E-state index contributed by atoms with van der Waals surface area (Å²) in [4.78, 5) is 28.7. The summed E-state index contributed by atoms with van der Waals surface area (Å²) in [6.07, 6.45) is -3.07. The SMILES string of the molecule is COCCOCc1nc(C(F)(F)F)ccc1/C(O)=C1/C(=O)[C@@H]2CC[C@@H](C2)C1=O. The molecule has 2 fully saturated rings. The van der Waals surface area contributed by atoms with Crippen molar-refractivity contribution in [2.45, 2.75) is 32.0 Å². The number of Topliss-reactive ketones (excluding diaryl/α,β-unsaturated/α-hetero) is 2. The summed E-state index contributed by atoms with van der Waals surface area (Å²) in [6.45, 7) is -0.00982. The maximum Gasteiger partial charge on any atom is 0.433 e. The van der Waals surface area contributed by atoms with Gasteiger partial charge in [0.1, 0.15) is 17.0 Å². The average molecular weight is 399 g/mol. The lowest BCUT2D eigenvalue weighted by Gasteiger charge is -2.21. The molecule has 0 radical (unpaired) electrons. The van der Waals surface area contributed by atoms with Gasteiger partial charge in [-0.15, -0.1) is 0 Å². The van der Waals surface area contributed by atoms with E-state index in [9.17, 15) is 27.9 Å². The third-order valence-corrected chi connectivity index (χ3v) is 5.09. The van der Waals surface area contributed by atoms with Crippen molar-refractivity contribution in [3.05, 3.63) is 34.7 Å². The zero-order chi connectivity index (χ0) is 20.5. The molecule has 0 saturated heterocycles. The van der Waals surface area contributed by atoms with Crippen LogP contribution < -0.4 is 0 Å². The predicted molar refractivity (Wildman–Crippen MR) is 91.2 cm³/mol. The van der Waals surface area contributed by atoms with Crippen LogP contribution in [0.15, 0.2) is 17.7 Å². The van der Waals surface area contributed by atoms with Gasteiger partial charge in [0.25, 0.3) is 0 Å². The second-order valence-electron chi connectivity index (χ2n) is 6.89. The van der Waals surface area contributed by atoms with E-state index >= 15 is 0 Å². The molecule has 0 unspecified atom stereocenters. The van der Waals surface area contributed by atoms with Crippen molar-refractivity contribution in [1.82, 2.24) is 4.98 Å². The molecule has 0 aromatic carbocycles. The summed E-state index contributed by atoms with van der Waals surface area (Å²) >= 11 is 0. The van der Waals surface area contributed by atoms with Gasteiger partial charge in [-0.25, -0.2) is 4.98 Å². The highest BCUT2D eigenvalue weighted by molar-refractivity contribution is 6.27. The van der Waals surface area contributed by atoms with Crippen LogP contribution in [0.1, 0.15) is 36.2 Å². The van der Waals surface area contributed by atoms with Gasteiger partial charge < -0.3 is 14.6 Å². The molecule has 152 valence electrons. The standard InChI is InChI=1S/C19H20F3NO5/c1-27-6-7-28-9-13-12(4-5-14(23-13)19(20,21)22)18(26)15-16(24)10-2-3-11(8-10)17(15)25/h4-5,10-11,26H,2-3,6-9H2,1H3/b18-15-/t10-,11+/m0/s1. The lowest BCUT2D eigenvalue weighted by molar-refractivity contribution is -0.141. The van der Waals surface area contributed by atoms with E-state index in [4.69, 9.17) is 9.47 Å². The van der Waals surface area contributed by atoms with Gasteiger partial charge in [0.05, 0.1) is 25.5 Å². The highest BCUT2D eigenvalue weighted by Crippen LogP contribution is 2.42. The normalized spacial score (nSPS) is 24.0. The summed E-state index contributed by atoms with van der Waals surface area (Å²) in [6, 6.07) is 1.72. The number of aliphatic hydroxyl groups is 1. The number of fused-ring (bicyclic) bond motifs is 2. The van der Waals surface area contributed by atoms with Crippen LogP contribution >= 0.6 is 0 Å². The topological polar surface area (TPSA) is 85.7 Å². The second-order valence-corrected chi connectivity index (χ2v) is 6.89. The number of halogens is 3. The van der Waals surface area contributed by atoms with Crippen LogP contribution in [0, 0.1) is 11.8 Å². The number of ketones is 2. The summed E-state index contributed by atoms with van der Waals surface area (Å²) < 4.78 is 49.2. The van der Waals surface area contributed by atoms with Crippen LogP contribution in [0.3, 0.4) is 0 Å². The monoisotopic (exact) mass is 399 g/mol. The van der Waals surface area contributed by atoms with Gasteiger partial charge in [0, 0.05) is 24.5 Å². The number of alkyl halides is 3. The fourth-order valence-electron chi connectivity index (χ4n) is 3.65. The smallest absolute Gasteiger partial charge is 0.433 e. The number of methoxy groups -OCH3 is 1. The quantitative estimate of drug-likeness (QED) is 0.342. The predicted octanol–water partition coefficient (Wildman–Crippen LogP) is 3.10. The van der Waals surface area contributed by atoms with Gasteiger partial charge in [-0.2, -0.15) is 13.2 Å². The van der Waals surface area contributed by atoms with E-state index in [1.54, 1.807) is 0 Å². The molecule has 2 atom stereocenters. The van der Waals surface area contributed by atoms with E-state index in [0.29, 0.717) is 25.3 Å². The Labute approximate surface area is 159 Å². The highest BCUT2D eigenvalue weighted by Gasteiger charge is 2.45. The number of aliphatic hydroxyl groups excluding tert-OH is 1. The number of pyridine rings is 1. The van der Waals surface area contributed by atoms with Gasteiger partial charge in [-0.05, 0) is 31.4 Å². The molecule has 9 heteroatoms. The molecule has 1 N–H and O–H groups in total. The van der Waals surface area contributed by atoms with Crippen LogP contribution in [0.25, 0.3) is 5.76 Å². The molecular formula is C19H20F3NO5. The van der Waals surface area contributed by atoms with E-state index in [1.165, 1.54) is 7.11 Å². The number of nitrogens with zero attached hydrogens (tertiary/aromatic N) is 1. The van der Waals surface area contributed by atoms with E-state index in [2.05, 4.69) is 4.98 Å². The van der Waals surface area contributed by atoms with E-state index in [-0.39, 0.29) is 48.5 Å². The van der Waals surface area contributed by atoms with Gasteiger partial charge in [-0.3, -0.25) is 9.59 Å². The maximum absolute atomic E-state index is 13.0. The van der Waals surface area contributed by atoms with E-state index in [0.717, 1.165) is 6.07 Å². The van der Waals surface area contributed by atoms with Crippen molar-refractivity contribution in [1.29, 1.82) is 0 Å². The molecule has 0 aliphatic heterocycles. The molecule has 2 aliphatic carbocycles. The minimum atomic E-state index is -4.68. The van der Waals surface area contributed by atoms with Gasteiger partial charge in [0.2, 0.25) is 0 Å². The van der Waals surface area contributed by atoms with Crippen LogP contribution in [-0.2, 0) is 31.8 Å². The number of aromatic nitrogens is 1. The Balaban J connectivity index is 2.01. The first-order valence-corrected chi connectivity index (χ1v) is 8.89. The van der Waals surface area contributed by atoms with E-state index < -0.39 is 29.2 Å². The number of carbonyl (C=O) groups excluding carboxylic acids is 2. The van der Waals surface area contributed by atoms with Crippen molar-refractivity contribution in [2.24, 2.45) is 11.8 Å². The van der Waals surface area contributed by atoms with Crippen LogP contribution in [0.4, 0.5) is 13.2 Å². The largest absolute Gasteiger partial charge is 0.506 e. The minimum Gasteiger partial charge on any atom is -0.506 e. The Kier molecular flexibility index (Phi) is 5.85. The molecule has 1 heterocycles. The second kappa shape index (κ2) is 8.00. The first kappa shape index (κ1) is 20.5. The van der Waals surface area contributed by atoms with Crippen molar-refractivity contribution >= 4 is 17.3 Å². The Morgan fingerprint density at radius 2 is 1.82 bits per heavy atom. The maximum atomic E-state index is 13.0. The number of allylic oxidation sites excluding steroid dienone is 1. The summed E-state index contributed by atoms with van der Waals surface area (Å²) in [7, 11) is 1.45. The van der Waals surface area contributed by atoms with Gasteiger partial charge in [0.15, 0.2) is 11.6 Å². The Morgan fingerprint density at radius 3 is 2.39 bits per heavy atom. The van der Waals surface area contributed by atoms with Crippen molar-refractivity contribution in [3.63, 3.8) is 0 Å². The number of carbonyl (C=O) groups is 2. The van der Waals surface area contributed by atoms with Crippen molar-refractivity contribution < 1.29 is 37.3 Å². The fraction of sp³-hybridized carbons (Fsp3) is 0.526. The van der Waals surface area contributed by atoms with Gasteiger partial charge >= 0.3 is 6.18 Å². The lowest BCUT2D eigenvalue weighted by Crippen LogP contribution is -2.30. The summed E-state index contributed by atoms with van der Waals surface area (Å²) in [5, 5.41) is 10.7. The summed E-state index contributed by atoms with van der Waals surface area (Å²) in [5.41, 5.74) is -1.79. The van der Waals surface area contributed by atoms with Crippen molar-refractivity contribution in [3.8, 4) is 0 Å². The fourth-order valence-corrected chi connectivity index (χ4v) is 3.65. The Hall–Kier alpha value is -2.26. The van der Waals surface area contributed by atoms with Crippen molar-refractivity contribution in [2.75, 3.05) is 20.3 Å². The molecule has 2 aliphatic rings. The molecule has 1 aromatic heterocycles. The highest BCUT2D eigenvalue weighted by atomic mass is 19.4. The molecule has 0 amide bonds. The van der Waals surface area contributed by atoms with E-state index in [1.807, 2.05) is 0 Å². The first-order chi connectivity index (χ1) is 13.2. The molecule has 0 spiro atoms. The average Bonchev–Trinajstić information content (AvgIpc) is 3.10. The number of ether oxygens (including phenoxy) is 2. The first-order valence-electron chi connectivity index (χ1n) is 8.89. The molecule has 3 rings (SSSR count). The Bertz CT molecular complexity index is 794. The molecule has 2 saturated carbocycles. The number of rotatable bonds is 6. The third kappa shape index (κ3) is 3.95. The molecule has 6 nitrogen and oxygen atoms in total. The van der Waals surface area contributed by atoms with Crippen LogP contribution in [-0.4, -0.2) is 42.0 Å². The number of hydrogen-bond donors (Lipinski definition) is 1. The molecule has 2 bridgehead atoms.